The van der Waals surface area contributed by atoms with Gasteiger partial charge in [-0.3, -0.25) is 9.69 Å². The van der Waals surface area contributed by atoms with Gasteiger partial charge in [0.05, 0.1) is 14.2 Å². The predicted molar refractivity (Wildman–Crippen MR) is 116 cm³/mol. The van der Waals surface area contributed by atoms with Gasteiger partial charge in [0, 0.05) is 24.7 Å². The average molecular weight is 395 g/mol. The number of piperidine rings is 1. The second kappa shape index (κ2) is 10.7. The van der Waals surface area contributed by atoms with Gasteiger partial charge in [-0.1, -0.05) is 30.7 Å². The van der Waals surface area contributed by atoms with Crippen molar-refractivity contribution in [2.45, 2.75) is 32.4 Å². The van der Waals surface area contributed by atoms with E-state index in [0.717, 1.165) is 30.9 Å². The van der Waals surface area contributed by atoms with Crippen LogP contribution in [0.3, 0.4) is 0 Å². The largest absolute Gasteiger partial charge is 0.497 e. The summed E-state index contributed by atoms with van der Waals surface area (Å²) in [5, 5.41) is 3.00. The highest BCUT2D eigenvalue weighted by Gasteiger charge is 2.12. The molecule has 1 N–H and O–H groups in total. The summed E-state index contributed by atoms with van der Waals surface area (Å²) in [5.41, 5.74) is 3.25. The van der Waals surface area contributed by atoms with Crippen molar-refractivity contribution in [3.63, 3.8) is 0 Å². The van der Waals surface area contributed by atoms with Crippen molar-refractivity contribution in [3.05, 3.63) is 65.2 Å². The Morgan fingerprint density at radius 1 is 1.03 bits per heavy atom. The minimum atomic E-state index is -0.136. The van der Waals surface area contributed by atoms with Crippen molar-refractivity contribution >= 4 is 12.0 Å². The zero-order valence-corrected chi connectivity index (χ0v) is 17.3. The molecular weight excluding hydrogens is 364 g/mol. The Morgan fingerprint density at radius 3 is 2.52 bits per heavy atom. The van der Waals surface area contributed by atoms with Crippen LogP contribution in [0.15, 0.2) is 48.5 Å². The molecule has 0 spiro atoms. The monoisotopic (exact) mass is 394 g/mol. The van der Waals surface area contributed by atoms with Gasteiger partial charge in [0.1, 0.15) is 11.5 Å². The van der Waals surface area contributed by atoms with Gasteiger partial charge in [-0.15, -0.1) is 0 Å². The molecule has 0 unspecified atom stereocenters. The lowest BCUT2D eigenvalue weighted by Crippen LogP contribution is -2.30. The van der Waals surface area contributed by atoms with Crippen LogP contribution in [0.5, 0.6) is 11.5 Å². The van der Waals surface area contributed by atoms with E-state index >= 15 is 0 Å². The lowest BCUT2D eigenvalue weighted by atomic mass is 10.0. The molecule has 0 atom stereocenters. The number of amides is 1. The van der Waals surface area contributed by atoms with E-state index in [1.165, 1.54) is 36.5 Å². The van der Waals surface area contributed by atoms with Crippen LogP contribution in [0.25, 0.3) is 6.08 Å². The summed E-state index contributed by atoms with van der Waals surface area (Å²) >= 11 is 0. The Balaban J connectivity index is 1.60. The molecular formula is C24H30N2O3. The van der Waals surface area contributed by atoms with Gasteiger partial charge in [-0.05, 0) is 61.3 Å². The molecule has 1 aliphatic rings. The van der Waals surface area contributed by atoms with Crippen LogP contribution in [-0.2, 0) is 17.9 Å². The molecule has 2 aromatic carbocycles. The Hall–Kier alpha value is -2.79. The van der Waals surface area contributed by atoms with Crippen LogP contribution in [0.1, 0.15) is 36.0 Å². The van der Waals surface area contributed by atoms with Crippen molar-refractivity contribution in [2.75, 3.05) is 27.3 Å². The number of likely N-dealkylation sites (tertiary alicyclic amines) is 1. The number of benzene rings is 2. The summed E-state index contributed by atoms with van der Waals surface area (Å²) < 4.78 is 10.6. The van der Waals surface area contributed by atoms with E-state index in [-0.39, 0.29) is 5.91 Å². The average Bonchev–Trinajstić information content (AvgIpc) is 2.77. The van der Waals surface area contributed by atoms with Gasteiger partial charge in [-0.25, -0.2) is 0 Å². The molecule has 0 aromatic heterocycles. The minimum Gasteiger partial charge on any atom is -0.497 e. The number of methoxy groups -OCH3 is 2. The van der Waals surface area contributed by atoms with Crippen LogP contribution < -0.4 is 14.8 Å². The molecule has 1 fully saturated rings. The van der Waals surface area contributed by atoms with E-state index in [0.29, 0.717) is 12.3 Å². The first-order valence-electron chi connectivity index (χ1n) is 10.2. The first-order valence-corrected chi connectivity index (χ1v) is 10.2. The fraction of sp³-hybridized carbons (Fsp3) is 0.375. The summed E-state index contributed by atoms with van der Waals surface area (Å²) in [6.07, 6.45) is 7.16. The normalized spacial score (nSPS) is 14.7. The number of ether oxygens (including phenoxy) is 2. The van der Waals surface area contributed by atoms with Gasteiger partial charge >= 0.3 is 0 Å². The third-order valence-electron chi connectivity index (χ3n) is 5.27. The minimum absolute atomic E-state index is 0.136. The van der Waals surface area contributed by atoms with Crippen LogP contribution in [-0.4, -0.2) is 38.1 Å². The molecule has 1 amide bonds. The van der Waals surface area contributed by atoms with E-state index in [1.54, 1.807) is 20.3 Å². The van der Waals surface area contributed by atoms with Crippen LogP contribution in [0, 0.1) is 0 Å². The van der Waals surface area contributed by atoms with Crippen LogP contribution in [0.2, 0.25) is 0 Å². The van der Waals surface area contributed by atoms with Crippen molar-refractivity contribution in [3.8, 4) is 11.5 Å². The molecule has 3 rings (SSSR count). The van der Waals surface area contributed by atoms with Crippen molar-refractivity contribution in [1.29, 1.82) is 0 Å². The van der Waals surface area contributed by atoms with E-state index in [1.807, 2.05) is 24.3 Å². The maximum Gasteiger partial charge on any atom is 0.244 e. The quantitative estimate of drug-likeness (QED) is 0.687. The van der Waals surface area contributed by atoms with Crippen molar-refractivity contribution in [2.24, 2.45) is 0 Å². The van der Waals surface area contributed by atoms with Gasteiger partial charge in [0.25, 0.3) is 0 Å². The zero-order chi connectivity index (χ0) is 20.5. The lowest BCUT2D eigenvalue weighted by Gasteiger charge is -2.27. The molecule has 1 saturated heterocycles. The van der Waals surface area contributed by atoms with E-state index in [4.69, 9.17) is 9.47 Å². The third kappa shape index (κ3) is 6.09. The number of nitrogens with one attached hydrogen (secondary N) is 1. The van der Waals surface area contributed by atoms with Crippen LogP contribution in [0.4, 0.5) is 0 Å². The third-order valence-corrected chi connectivity index (χ3v) is 5.27. The maximum atomic E-state index is 12.4. The lowest BCUT2D eigenvalue weighted by molar-refractivity contribution is -0.116. The standard InChI is InChI=1S/C24H30N2O3/c1-28-22-11-12-23(29-2)19(16-22)10-13-24(27)25-17-20-8-4-5-9-21(20)18-26-14-6-3-7-15-26/h4-5,8-13,16H,3,6-7,14-15,17-18H2,1-2H3,(H,25,27)/b13-10+. The van der Waals surface area contributed by atoms with Gasteiger partial charge in [-0.2, -0.15) is 0 Å². The summed E-state index contributed by atoms with van der Waals surface area (Å²) in [7, 11) is 3.22. The highest BCUT2D eigenvalue weighted by Crippen LogP contribution is 2.25. The number of carbonyl (C=O) groups is 1. The van der Waals surface area contributed by atoms with Gasteiger partial charge < -0.3 is 14.8 Å². The molecule has 29 heavy (non-hydrogen) atoms. The number of hydrogen-bond donors (Lipinski definition) is 1. The highest BCUT2D eigenvalue weighted by molar-refractivity contribution is 5.92. The molecule has 0 radical (unpaired) electrons. The smallest absolute Gasteiger partial charge is 0.244 e. The molecule has 1 heterocycles. The maximum absolute atomic E-state index is 12.4. The summed E-state index contributed by atoms with van der Waals surface area (Å²) in [4.78, 5) is 14.9. The predicted octanol–water partition coefficient (Wildman–Crippen LogP) is 4.02. The Kier molecular flexibility index (Phi) is 7.70. The van der Waals surface area contributed by atoms with Crippen LogP contribution >= 0.6 is 0 Å². The molecule has 5 nitrogen and oxygen atoms in total. The molecule has 2 aromatic rings. The molecule has 5 heteroatoms. The Bertz CT molecular complexity index is 842. The molecule has 0 saturated carbocycles. The number of rotatable bonds is 8. The Labute approximate surface area is 173 Å². The molecule has 154 valence electrons. The molecule has 1 aliphatic heterocycles. The fourth-order valence-corrected chi connectivity index (χ4v) is 3.62. The summed E-state index contributed by atoms with van der Waals surface area (Å²) in [6.45, 7) is 3.78. The van der Waals surface area contributed by atoms with E-state index in [2.05, 4.69) is 28.4 Å². The fourth-order valence-electron chi connectivity index (χ4n) is 3.62. The first-order chi connectivity index (χ1) is 14.2. The van der Waals surface area contributed by atoms with E-state index < -0.39 is 0 Å². The van der Waals surface area contributed by atoms with Crippen molar-refractivity contribution in [1.82, 2.24) is 10.2 Å². The summed E-state index contributed by atoms with van der Waals surface area (Å²) in [6, 6.07) is 13.8. The zero-order valence-electron chi connectivity index (χ0n) is 17.3. The van der Waals surface area contributed by atoms with E-state index in [9.17, 15) is 4.79 Å². The molecule has 0 bridgehead atoms. The SMILES string of the molecule is COc1ccc(OC)c(/C=C/C(=O)NCc2ccccc2CN2CCCCC2)c1. The van der Waals surface area contributed by atoms with Gasteiger partial charge in [0.15, 0.2) is 0 Å². The first kappa shape index (κ1) is 20.9. The summed E-state index contributed by atoms with van der Waals surface area (Å²) in [5.74, 6) is 1.28. The second-order valence-corrected chi connectivity index (χ2v) is 7.26. The number of nitrogens with zero attached hydrogens (tertiary/aromatic N) is 1. The second-order valence-electron chi connectivity index (χ2n) is 7.26. The molecule has 0 aliphatic carbocycles. The topological polar surface area (TPSA) is 50.8 Å². The van der Waals surface area contributed by atoms with Crippen molar-refractivity contribution < 1.29 is 14.3 Å². The van der Waals surface area contributed by atoms with Gasteiger partial charge in [0.2, 0.25) is 5.91 Å². The number of hydrogen-bond acceptors (Lipinski definition) is 4. The number of carbonyl (C=O) groups excluding carboxylic acids is 1. The highest BCUT2D eigenvalue weighted by atomic mass is 16.5. The Morgan fingerprint density at radius 2 is 1.79 bits per heavy atom.